The second-order valence-corrected chi connectivity index (χ2v) is 5.71. The van der Waals surface area contributed by atoms with E-state index in [1.54, 1.807) is 31.4 Å². The van der Waals surface area contributed by atoms with Crippen molar-refractivity contribution in [3.8, 4) is 5.75 Å². The molecule has 0 aliphatic rings. The second-order valence-electron chi connectivity index (χ2n) is 4.71. The quantitative estimate of drug-likeness (QED) is 0.752. The molecule has 3 aromatic rings. The summed E-state index contributed by atoms with van der Waals surface area (Å²) < 4.78 is 5.10. The zero-order valence-electron chi connectivity index (χ0n) is 11.7. The number of methoxy groups -OCH3 is 1. The molecule has 4 nitrogen and oxygen atoms in total. The van der Waals surface area contributed by atoms with Crippen LogP contribution in [0.1, 0.15) is 20.9 Å². The van der Waals surface area contributed by atoms with Crippen molar-refractivity contribution in [3.63, 3.8) is 0 Å². The average molecular weight is 298 g/mol. The maximum absolute atomic E-state index is 12.6. The van der Waals surface area contributed by atoms with Gasteiger partial charge in [-0.05, 0) is 43.3 Å². The topological polar surface area (TPSA) is 65.2 Å². The van der Waals surface area contributed by atoms with E-state index in [-0.39, 0.29) is 5.78 Å². The summed E-state index contributed by atoms with van der Waals surface area (Å²) in [5, 5.41) is 0.836. The van der Waals surface area contributed by atoms with Crippen molar-refractivity contribution >= 4 is 33.0 Å². The van der Waals surface area contributed by atoms with E-state index in [9.17, 15) is 4.79 Å². The molecular weight excluding hydrogens is 284 g/mol. The number of thiophene rings is 1. The number of carbonyl (C=O) groups is 1. The molecule has 2 heterocycles. The highest BCUT2D eigenvalue weighted by atomic mass is 32.1. The molecule has 2 N–H and O–H groups in total. The van der Waals surface area contributed by atoms with E-state index in [0.29, 0.717) is 21.9 Å². The van der Waals surface area contributed by atoms with Crippen LogP contribution in [0.4, 0.5) is 5.69 Å². The minimum atomic E-state index is -0.0872. The van der Waals surface area contributed by atoms with Crippen LogP contribution >= 0.6 is 11.3 Å². The monoisotopic (exact) mass is 298 g/mol. The number of hydrogen-bond acceptors (Lipinski definition) is 5. The lowest BCUT2D eigenvalue weighted by Crippen LogP contribution is -2.01. The molecule has 0 unspecified atom stereocenters. The Morgan fingerprint density at radius 1 is 1.19 bits per heavy atom. The number of aryl methyl sites for hydroxylation is 1. The third-order valence-electron chi connectivity index (χ3n) is 3.29. The first-order valence-electron chi connectivity index (χ1n) is 6.44. The zero-order valence-corrected chi connectivity index (χ0v) is 12.5. The lowest BCUT2D eigenvalue weighted by atomic mass is 10.1. The number of aromatic nitrogens is 1. The van der Waals surface area contributed by atoms with Crippen LogP contribution in [0.5, 0.6) is 5.75 Å². The number of rotatable bonds is 3. The van der Waals surface area contributed by atoms with Crippen LogP contribution in [0.15, 0.2) is 36.4 Å². The number of ketones is 1. The first kappa shape index (κ1) is 13.6. The summed E-state index contributed by atoms with van der Waals surface area (Å²) in [5.41, 5.74) is 8.11. The number of pyridine rings is 1. The SMILES string of the molecule is COc1ccc(C(=O)c2sc3nc(C)ccc3c2N)cc1. The Hall–Kier alpha value is -2.40. The fourth-order valence-corrected chi connectivity index (χ4v) is 3.23. The van der Waals surface area contributed by atoms with E-state index in [0.717, 1.165) is 15.9 Å². The highest BCUT2D eigenvalue weighted by molar-refractivity contribution is 7.21. The van der Waals surface area contributed by atoms with Crippen LogP contribution in [0.2, 0.25) is 0 Å². The van der Waals surface area contributed by atoms with Gasteiger partial charge in [-0.15, -0.1) is 11.3 Å². The Bertz CT molecular complexity index is 822. The van der Waals surface area contributed by atoms with Crippen LogP contribution in [-0.2, 0) is 0 Å². The maximum atomic E-state index is 12.6. The number of nitrogens with zero attached hydrogens (tertiary/aromatic N) is 1. The molecule has 0 saturated heterocycles. The number of fused-ring (bicyclic) bond motifs is 1. The molecule has 0 aliphatic heterocycles. The fourth-order valence-electron chi connectivity index (χ4n) is 2.13. The third-order valence-corrected chi connectivity index (χ3v) is 4.41. The van der Waals surface area contributed by atoms with Gasteiger partial charge in [-0.25, -0.2) is 4.98 Å². The largest absolute Gasteiger partial charge is 0.497 e. The predicted molar refractivity (Wildman–Crippen MR) is 85.2 cm³/mol. The Morgan fingerprint density at radius 2 is 1.90 bits per heavy atom. The smallest absolute Gasteiger partial charge is 0.205 e. The number of carbonyl (C=O) groups excluding carboxylic acids is 1. The van der Waals surface area contributed by atoms with Crippen molar-refractivity contribution in [2.75, 3.05) is 12.8 Å². The molecule has 106 valence electrons. The minimum Gasteiger partial charge on any atom is -0.497 e. The summed E-state index contributed by atoms with van der Waals surface area (Å²) >= 11 is 1.33. The molecule has 5 heteroatoms. The molecule has 0 aliphatic carbocycles. The lowest BCUT2D eigenvalue weighted by molar-refractivity contribution is 0.104. The fraction of sp³-hybridized carbons (Fsp3) is 0.125. The second kappa shape index (κ2) is 5.18. The van der Waals surface area contributed by atoms with Crippen LogP contribution in [0, 0.1) is 6.92 Å². The van der Waals surface area contributed by atoms with Gasteiger partial charge in [0.25, 0.3) is 0 Å². The Labute approximate surface area is 126 Å². The van der Waals surface area contributed by atoms with Gasteiger partial charge < -0.3 is 10.5 Å². The van der Waals surface area contributed by atoms with Gasteiger partial charge in [0.05, 0.1) is 12.8 Å². The van der Waals surface area contributed by atoms with Crippen LogP contribution < -0.4 is 10.5 Å². The Kier molecular flexibility index (Phi) is 3.35. The van der Waals surface area contributed by atoms with Crippen molar-refractivity contribution in [2.24, 2.45) is 0 Å². The molecule has 1 aromatic carbocycles. The molecule has 21 heavy (non-hydrogen) atoms. The van der Waals surface area contributed by atoms with Crippen LogP contribution in [-0.4, -0.2) is 17.9 Å². The average Bonchev–Trinajstić information content (AvgIpc) is 2.83. The summed E-state index contributed by atoms with van der Waals surface area (Å²) in [6.45, 7) is 1.92. The molecule has 2 aromatic heterocycles. The first-order chi connectivity index (χ1) is 10.1. The Morgan fingerprint density at radius 3 is 2.57 bits per heavy atom. The van der Waals surface area contributed by atoms with E-state index in [2.05, 4.69) is 4.98 Å². The highest BCUT2D eigenvalue weighted by Gasteiger charge is 2.18. The number of anilines is 1. The molecule has 0 spiro atoms. The molecule has 0 fully saturated rings. The van der Waals surface area contributed by atoms with E-state index in [1.807, 2.05) is 19.1 Å². The van der Waals surface area contributed by atoms with Gasteiger partial charge >= 0.3 is 0 Å². The van der Waals surface area contributed by atoms with Gasteiger partial charge in [-0.1, -0.05) is 0 Å². The molecule has 0 saturated carbocycles. The van der Waals surface area contributed by atoms with Gasteiger partial charge in [0, 0.05) is 16.6 Å². The summed E-state index contributed by atoms with van der Waals surface area (Å²) in [5.74, 6) is 0.629. The number of nitrogens with two attached hydrogens (primary N) is 1. The van der Waals surface area contributed by atoms with E-state index in [4.69, 9.17) is 10.5 Å². The number of benzene rings is 1. The number of hydrogen-bond donors (Lipinski definition) is 1. The van der Waals surface area contributed by atoms with Gasteiger partial charge in [-0.3, -0.25) is 4.79 Å². The third kappa shape index (κ3) is 2.36. The van der Waals surface area contributed by atoms with Gasteiger partial charge in [0.15, 0.2) is 0 Å². The standard InChI is InChI=1S/C16H14N2O2S/c1-9-3-8-12-13(17)15(21-16(12)18-9)14(19)10-4-6-11(20-2)7-5-10/h3-8H,17H2,1-2H3. The molecule has 0 radical (unpaired) electrons. The van der Waals surface area contributed by atoms with E-state index < -0.39 is 0 Å². The summed E-state index contributed by atoms with van der Waals surface area (Å²) in [4.78, 5) is 18.3. The maximum Gasteiger partial charge on any atom is 0.205 e. The van der Waals surface area contributed by atoms with E-state index >= 15 is 0 Å². The normalized spacial score (nSPS) is 10.8. The van der Waals surface area contributed by atoms with Crippen molar-refractivity contribution in [1.82, 2.24) is 4.98 Å². The molecular formula is C16H14N2O2S. The highest BCUT2D eigenvalue weighted by Crippen LogP contribution is 2.34. The van der Waals surface area contributed by atoms with Crippen molar-refractivity contribution in [2.45, 2.75) is 6.92 Å². The molecule has 3 rings (SSSR count). The van der Waals surface area contributed by atoms with Crippen LogP contribution in [0.3, 0.4) is 0 Å². The van der Waals surface area contributed by atoms with Crippen molar-refractivity contribution in [3.05, 3.63) is 52.5 Å². The van der Waals surface area contributed by atoms with Gasteiger partial charge in [0.2, 0.25) is 5.78 Å². The Balaban J connectivity index is 2.06. The van der Waals surface area contributed by atoms with Gasteiger partial charge in [0.1, 0.15) is 15.5 Å². The molecule has 0 bridgehead atoms. The van der Waals surface area contributed by atoms with Crippen molar-refractivity contribution in [1.29, 1.82) is 0 Å². The predicted octanol–water partition coefficient (Wildman–Crippen LogP) is 3.43. The molecule has 0 amide bonds. The van der Waals surface area contributed by atoms with E-state index in [1.165, 1.54) is 11.3 Å². The van der Waals surface area contributed by atoms with Crippen LogP contribution in [0.25, 0.3) is 10.2 Å². The summed E-state index contributed by atoms with van der Waals surface area (Å²) in [6.07, 6.45) is 0. The lowest BCUT2D eigenvalue weighted by Gasteiger charge is -2.02. The summed E-state index contributed by atoms with van der Waals surface area (Å²) in [6, 6.07) is 10.8. The zero-order chi connectivity index (χ0) is 15.0. The number of ether oxygens (including phenoxy) is 1. The minimum absolute atomic E-state index is 0.0872. The van der Waals surface area contributed by atoms with Crippen molar-refractivity contribution < 1.29 is 9.53 Å². The summed E-state index contributed by atoms with van der Waals surface area (Å²) in [7, 11) is 1.59. The number of nitrogen functional groups attached to an aromatic ring is 1. The first-order valence-corrected chi connectivity index (χ1v) is 7.26. The van der Waals surface area contributed by atoms with Gasteiger partial charge in [-0.2, -0.15) is 0 Å². The molecule has 0 atom stereocenters.